The number of hydrogen-bond donors (Lipinski definition) is 2. The van der Waals surface area contributed by atoms with Crippen LogP contribution < -0.4 is 10.2 Å². The zero-order valence-corrected chi connectivity index (χ0v) is 17.6. The van der Waals surface area contributed by atoms with Crippen molar-refractivity contribution in [3.63, 3.8) is 0 Å². The van der Waals surface area contributed by atoms with Crippen LogP contribution in [-0.2, 0) is 15.1 Å². The van der Waals surface area contributed by atoms with E-state index >= 15 is 0 Å². The molecule has 3 aliphatic rings. The lowest BCUT2D eigenvalue weighted by molar-refractivity contribution is -0.140. The standard InChI is InChI=1S/C24H22F2N2O5/c25-17-9-5-13(11-18(17)26)22(31)28-19-4-2-1-3-15(19)24(14-6-7-14,16-8-10-20(16)28)27-23(32)33-12-21(29)30/h1-5,9,11,14,16,20H,6-8,10,12H2,(H,27,32)(H,29,30)/t16-,20+,24+/m0/s1. The number of carbonyl (C=O) groups is 3. The van der Waals surface area contributed by atoms with Crippen LogP contribution in [0, 0.1) is 23.5 Å². The number of ether oxygens (including phenoxy) is 1. The maximum atomic E-state index is 13.9. The van der Waals surface area contributed by atoms with E-state index in [2.05, 4.69) is 5.32 Å². The normalized spacial score (nSPS) is 25.3. The van der Waals surface area contributed by atoms with Crippen LogP contribution in [-0.4, -0.2) is 35.7 Å². The molecular formula is C24H22F2N2O5. The monoisotopic (exact) mass is 456 g/mol. The minimum atomic E-state index is -1.25. The molecule has 2 saturated carbocycles. The van der Waals surface area contributed by atoms with Gasteiger partial charge in [0, 0.05) is 28.8 Å². The molecule has 33 heavy (non-hydrogen) atoms. The molecule has 3 atom stereocenters. The van der Waals surface area contributed by atoms with Gasteiger partial charge in [-0.25, -0.2) is 18.4 Å². The molecular weight excluding hydrogens is 434 g/mol. The second-order valence-corrected chi connectivity index (χ2v) is 8.81. The Balaban J connectivity index is 1.56. The summed E-state index contributed by atoms with van der Waals surface area (Å²) >= 11 is 0. The molecule has 9 heteroatoms. The predicted molar refractivity (Wildman–Crippen MR) is 113 cm³/mol. The number of para-hydroxylation sites is 1. The number of benzene rings is 2. The van der Waals surface area contributed by atoms with E-state index in [0.29, 0.717) is 12.1 Å². The third kappa shape index (κ3) is 3.42. The molecule has 5 rings (SSSR count). The molecule has 7 nitrogen and oxygen atoms in total. The molecule has 2 aromatic rings. The summed E-state index contributed by atoms with van der Waals surface area (Å²) in [5.41, 5.74) is 0.595. The first-order chi connectivity index (χ1) is 15.8. The van der Waals surface area contributed by atoms with Gasteiger partial charge in [0.05, 0.1) is 5.54 Å². The van der Waals surface area contributed by atoms with Gasteiger partial charge in [0.15, 0.2) is 18.2 Å². The van der Waals surface area contributed by atoms with Crippen LogP contribution in [0.3, 0.4) is 0 Å². The molecule has 1 heterocycles. The smallest absolute Gasteiger partial charge is 0.408 e. The molecule has 2 amide bonds. The number of fused-ring (bicyclic) bond motifs is 2. The van der Waals surface area contributed by atoms with Crippen molar-refractivity contribution in [3.05, 3.63) is 65.2 Å². The lowest BCUT2D eigenvalue weighted by Crippen LogP contribution is -2.67. The molecule has 2 aromatic carbocycles. The number of rotatable bonds is 5. The molecule has 0 bridgehead atoms. The van der Waals surface area contributed by atoms with Gasteiger partial charge < -0.3 is 20.1 Å². The van der Waals surface area contributed by atoms with Crippen molar-refractivity contribution in [2.45, 2.75) is 37.3 Å². The second-order valence-electron chi connectivity index (χ2n) is 8.81. The van der Waals surface area contributed by atoms with E-state index in [4.69, 9.17) is 9.84 Å². The number of nitrogens with zero attached hydrogens (tertiary/aromatic N) is 1. The van der Waals surface area contributed by atoms with E-state index in [9.17, 15) is 23.2 Å². The number of anilines is 1. The average molecular weight is 456 g/mol. The highest BCUT2D eigenvalue weighted by Crippen LogP contribution is 2.61. The van der Waals surface area contributed by atoms with Gasteiger partial charge in [0.2, 0.25) is 0 Å². The SMILES string of the molecule is O=C(O)COC(=O)N[C@]1(C2CC2)c2ccccc2N(C(=O)c2ccc(F)c(F)c2)[C@@H]2CC[C@@H]21. The molecule has 1 aliphatic heterocycles. The number of carboxylic acid groups (broad SMARTS) is 1. The number of aliphatic carboxylic acids is 1. The Morgan fingerprint density at radius 2 is 1.82 bits per heavy atom. The number of alkyl carbamates (subject to hydrolysis) is 1. The lowest BCUT2D eigenvalue weighted by Gasteiger charge is -2.59. The molecule has 172 valence electrons. The van der Waals surface area contributed by atoms with Gasteiger partial charge in [-0.1, -0.05) is 18.2 Å². The highest BCUT2D eigenvalue weighted by atomic mass is 19.2. The van der Waals surface area contributed by atoms with Crippen molar-refractivity contribution >= 4 is 23.7 Å². The molecule has 0 saturated heterocycles. The highest BCUT2D eigenvalue weighted by Gasteiger charge is 2.63. The first kappa shape index (κ1) is 21.4. The van der Waals surface area contributed by atoms with Crippen LogP contribution in [0.5, 0.6) is 0 Å². The number of carbonyl (C=O) groups excluding carboxylic acids is 2. The Morgan fingerprint density at radius 3 is 2.45 bits per heavy atom. The Morgan fingerprint density at radius 1 is 1.06 bits per heavy atom. The van der Waals surface area contributed by atoms with Gasteiger partial charge in [0.1, 0.15) is 0 Å². The molecule has 2 aliphatic carbocycles. The minimum absolute atomic E-state index is 0.0436. The Bertz CT molecular complexity index is 1150. The maximum absolute atomic E-state index is 13.9. The van der Waals surface area contributed by atoms with Crippen LogP contribution in [0.25, 0.3) is 0 Å². The van der Waals surface area contributed by atoms with Gasteiger partial charge in [-0.2, -0.15) is 0 Å². The molecule has 0 aromatic heterocycles. The van der Waals surface area contributed by atoms with Crippen molar-refractivity contribution < 1.29 is 33.0 Å². The first-order valence-corrected chi connectivity index (χ1v) is 10.9. The number of carboxylic acids is 1. The zero-order valence-electron chi connectivity index (χ0n) is 17.6. The fourth-order valence-corrected chi connectivity index (χ4v) is 5.42. The van der Waals surface area contributed by atoms with Crippen LogP contribution >= 0.6 is 0 Å². The van der Waals surface area contributed by atoms with Crippen molar-refractivity contribution in [2.75, 3.05) is 11.5 Å². The zero-order chi connectivity index (χ0) is 23.3. The fraction of sp³-hybridized carbons (Fsp3) is 0.375. The number of hydrogen-bond acceptors (Lipinski definition) is 4. The Kier molecular flexibility index (Phi) is 5.07. The molecule has 0 radical (unpaired) electrons. The van der Waals surface area contributed by atoms with Gasteiger partial charge in [-0.05, 0) is 55.9 Å². The molecule has 0 unspecified atom stereocenters. The summed E-state index contributed by atoms with van der Waals surface area (Å²) in [4.78, 5) is 38.5. The minimum Gasteiger partial charge on any atom is -0.479 e. The molecule has 2 N–H and O–H groups in total. The van der Waals surface area contributed by atoms with Crippen LogP contribution in [0.1, 0.15) is 41.6 Å². The average Bonchev–Trinajstić information content (AvgIpc) is 3.61. The van der Waals surface area contributed by atoms with E-state index in [1.54, 1.807) is 17.0 Å². The first-order valence-electron chi connectivity index (χ1n) is 10.9. The number of halogens is 2. The van der Waals surface area contributed by atoms with Crippen LogP contribution in [0.2, 0.25) is 0 Å². The molecule has 2 fully saturated rings. The van der Waals surface area contributed by atoms with Crippen molar-refractivity contribution in [1.29, 1.82) is 0 Å². The van der Waals surface area contributed by atoms with E-state index in [1.165, 1.54) is 6.07 Å². The summed E-state index contributed by atoms with van der Waals surface area (Å²) in [5, 5.41) is 11.8. The Hall–Kier alpha value is -3.49. The Labute approximate surface area is 188 Å². The summed E-state index contributed by atoms with van der Waals surface area (Å²) in [7, 11) is 0. The molecule has 0 spiro atoms. The number of nitrogens with one attached hydrogen (secondary N) is 1. The topological polar surface area (TPSA) is 95.9 Å². The highest BCUT2D eigenvalue weighted by molar-refractivity contribution is 6.07. The lowest BCUT2D eigenvalue weighted by atomic mass is 9.58. The fourth-order valence-electron chi connectivity index (χ4n) is 5.42. The van der Waals surface area contributed by atoms with Crippen LogP contribution in [0.15, 0.2) is 42.5 Å². The van der Waals surface area contributed by atoms with Crippen molar-refractivity contribution in [2.24, 2.45) is 11.8 Å². The summed E-state index contributed by atoms with van der Waals surface area (Å²) in [6, 6.07) is 10.1. The summed E-state index contributed by atoms with van der Waals surface area (Å²) < 4.78 is 32.2. The van der Waals surface area contributed by atoms with Gasteiger partial charge in [0.25, 0.3) is 5.91 Å². The third-order valence-corrected chi connectivity index (χ3v) is 7.01. The van der Waals surface area contributed by atoms with Crippen molar-refractivity contribution in [1.82, 2.24) is 5.32 Å². The number of amides is 2. The van der Waals surface area contributed by atoms with Gasteiger partial charge in [-0.15, -0.1) is 0 Å². The van der Waals surface area contributed by atoms with Gasteiger partial charge >= 0.3 is 12.1 Å². The predicted octanol–water partition coefficient (Wildman–Crippen LogP) is 3.82. The van der Waals surface area contributed by atoms with E-state index in [0.717, 1.165) is 37.0 Å². The van der Waals surface area contributed by atoms with Gasteiger partial charge in [-0.3, -0.25) is 4.79 Å². The summed E-state index contributed by atoms with van der Waals surface area (Å²) in [6.07, 6.45) is 2.39. The van der Waals surface area contributed by atoms with E-state index in [-0.39, 0.29) is 23.4 Å². The van der Waals surface area contributed by atoms with E-state index in [1.807, 2.05) is 12.1 Å². The summed E-state index contributed by atoms with van der Waals surface area (Å²) in [5.74, 6) is -3.79. The second kappa shape index (κ2) is 7.83. The van der Waals surface area contributed by atoms with Crippen molar-refractivity contribution in [3.8, 4) is 0 Å². The summed E-state index contributed by atoms with van der Waals surface area (Å²) in [6.45, 7) is -0.747. The third-order valence-electron chi connectivity index (χ3n) is 7.01. The van der Waals surface area contributed by atoms with E-state index < -0.39 is 41.7 Å². The quantitative estimate of drug-likeness (QED) is 0.713. The van der Waals surface area contributed by atoms with Crippen LogP contribution in [0.4, 0.5) is 19.3 Å². The largest absolute Gasteiger partial charge is 0.479 e. The maximum Gasteiger partial charge on any atom is 0.408 e.